The lowest BCUT2D eigenvalue weighted by atomic mass is 9.96. The Balaban J connectivity index is 2.59. The first-order valence-electron chi connectivity index (χ1n) is 4.95. The van der Waals surface area contributed by atoms with Gasteiger partial charge >= 0.3 is 11.9 Å². The molecule has 0 amide bonds. The van der Waals surface area contributed by atoms with Crippen molar-refractivity contribution in [3.05, 3.63) is 0 Å². The topological polar surface area (TPSA) is 61.8 Å². The summed E-state index contributed by atoms with van der Waals surface area (Å²) >= 11 is 0. The molecule has 1 aliphatic heterocycles. The fourth-order valence-corrected chi connectivity index (χ4v) is 1.70. The van der Waals surface area contributed by atoms with Crippen LogP contribution in [0, 0.1) is 5.92 Å². The van der Waals surface area contributed by atoms with E-state index in [1.807, 2.05) is 0 Å². The van der Waals surface area contributed by atoms with E-state index >= 15 is 0 Å². The number of carbonyl (C=O) groups excluding carboxylic acids is 2. The van der Waals surface area contributed by atoms with E-state index in [0.29, 0.717) is 6.61 Å². The molecular weight excluding hydrogens is 200 g/mol. The molecule has 5 heteroatoms. The van der Waals surface area contributed by atoms with E-state index in [1.165, 1.54) is 14.2 Å². The summed E-state index contributed by atoms with van der Waals surface area (Å²) in [5.41, 5.74) is 0. The normalized spacial score (nSPS) is 22.1. The fraction of sp³-hybridized carbons (Fsp3) is 0.800. The quantitative estimate of drug-likeness (QED) is 0.641. The van der Waals surface area contributed by atoms with Crippen LogP contribution in [0.1, 0.15) is 19.3 Å². The molecule has 15 heavy (non-hydrogen) atoms. The van der Waals surface area contributed by atoms with Crippen LogP contribution in [0.2, 0.25) is 0 Å². The summed E-state index contributed by atoms with van der Waals surface area (Å²) in [6.45, 7) is 0.638. The van der Waals surface area contributed by atoms with Crippen molar-refractivity contribution in [2.24, 2.45) is 5.92 Å². The predicted molar refractivity (Wildman–Crippen MR) is 51.1 cm³/mol. The minimum atomic E-state index is -0.537. The molecule has 1 heterocycles. The highest BCUT2D eigenvalue weighted by Gasteiger charge is 2.34. The summed E-state index contributed by atoms with van der Waals surface area (Å²) in [7, 11) is 2.60. The first-order chi connectivity index (χ1) is 7.19. The van der Waals surface area contributed by atoms with Gasteiger partial charge in [-0.15, -0.1) is 0 Å². The number of rotatable bonds is 4. The van der Waals surface area contributed by atoms with Gasteiger partial charge in [0.05, 0.1) is 32.7 Å². The second-order valence-corrected chi connectivity index (χ2v) is 3.46. The molecule has 0 radical (unpaired) electrons. The summed E-state index contributed by atoms with van der Waals surface area (Å²) in [5.74, 6) is -1.36. The van der Waals surface area contributed by atoms with Gasteiger partial charge < -0.3 is 14.2 Å². The maximum atomic E-state index is 11.4. The molecule has 0 N–H and O–H groups in total. The molecule has 1 saturated heterocycles. The number of hydrogen-bond acceptors (Lipinski definition) is 5. The first-order valence-corrected chi connectivity index (χ1v) is 4.95. The van der Waals surface area contributed by atoms with Crippen LogP contribution in [0.25, 0.3) is 0 Å². The van der Waals surface area contributed by atoms with Crippen molar-refractivity contribution in [3.8, 4) is 0 Å². The Morgan fingerprint density at radius 1 is 1.40 bits per heavy atom. The van der Waals surface area contributed by atoms with Gasteiger partial charge in [-0.2, -0.15) is 0 Å². The molecule has 0 spiro atoms. The van der Waals surface area contributed by atoms with Gasteiger partial charge in [-0.05, 0) is 12.8 Å². The van der Waals surface area contributed by atoms with Crippen LogP contribution in [0.4, 0.5) is 0 Å². The summed E-state index contributed by atoms with van der Waals surface area (Å²) in [6, 6.07) is 0. The minimum Gasteiger partial charge on any atom is -0.469 e. The Hall–Kier alpha value is -1.10. The lowest BCUT2D eigenvalue weighted by Gasteiger charge is -2.19. The molecule has 0 aromatic rings. The van der Waals surface area contributed by atoms with Crippen LogP contribution < -0.4 is 0 Å². The van der Waals surface area contributed by atoms with Crippen molar-refractivity contribution in [2.45, 2.75) is 25.4 Å². The Bertz CT molecular complexity index is 232. The number of methoxy groups -OCH3 is 2. The maximum absolute atomic E-state index is 11.4. The summed E-state index contributed by atoms with van der Waals surface area (Å²) in [6.07, 6.45) is 1.51. The van der Waals surface area contributed by atoms with Crippen molar-refractivity contribution >= 4 is 11.9 Å². The Morgan fingerprint density at radius 3 is 2.60 bits per heavy atom. The second kappa shape index (κ2) is 5.70. The summed E-state index contributed by atoms with van der Waals surface area (Å²) in [4.78, 5) is 22.6. The molecule has 1 rings (SSSR count). The van der Waals surface area contributed by atoms with Gasteiger partial charge in [0.15, 0.2) is 0 Å². The predicted octanol–water partition coefficient (Wildman–Crippen LogP) is 0.518. The zero-order valence-corrected chi connectivity index (χ0v) is 9.02. The highest BCUT2D eigenvalue weighted by atomic mass is 16.5. The third-order valence-electron chi connectivity index (χ3n) is 2.53. The van der Waals surface area contributed by atoms with E-state index in [-0.39, 0.29) is 12.5 Å². The van der Waals surface area contributed by atoms with Crippen LogP contribution in [0.15, 0.2) is 0 Å². The molecule has 5 nitrogen and oxygen atoms in total. The third-order valence-corrected chi connectivity index (χ3v) is 2.53. The molecule has 2 atom stereocenters. The number of esters is 2. The SMILES string of the molecule is COC(=O)C[C@@H](C(=O)OC)[C@H]1CCCO1. The maximum Gasteiger partial charge on any atom is 0.311 e. The minimum absolute atomic E-state index is 0.0217. The Labute approximate surface area is 88.7 Å². The summed E-state index contributed by atoms with van der Waals surface area (Å²) in [5, 5.41) is 0. The van der Waals surface area contributed by atoms with Crippen LogP contribution in [0.5, 0.6) is 0 Å². The third kappa shape index (κ3) is 3.20. The molecule has 0 unspecified atom stereocenters. The zero-order valence-electron chi connectivity index (χ0n) is 9.02. The highest BCUT2D eigenvalue weighted by Crippen LogP contribution is 2.24. The smallest absolute Gasteiger partial charge is 0.311 e. The lowest BCUT2D eigenvalue weighted by molar-refractivity contribution is -0.156. The van der Waals surface area contributed by atoms with Gasteiger partial charge in [0.25, 0.3) is 0 Å². The zero-order chi connectivity index (χ0) is 11.3. The van der Waals surface area contributed by atoms with Gasteiger partial charge in [-0.25, -0.2) is 0 Å². The van der Waals surface area contributed by atoms with E-state index in [2.05, 4.69) is 9.47 Å². The Kier molecular flexibility index (Phi) is 4.55. The lowest BCUT2D eigenvalue weighted by Crippen LogP contribution is -2.31. The van der Waals surface area contributed by atoms with Crippen molar-refractivity contribution in [2.75, 3.05) is 20.8 Å². The summed E-state index contributed by atoms with van der Waals surface area (Å²) < 4.78 is 14.6. The molecule has 1 fully saturated rings. The van der Waals surface area contributed by atoms with Gasteiger partial charge in [0.2, 0.25) is 0 Å². The molecule has 0 bridgehead atoms. The average molecular weight is 216 g/mol. The van der Waals surface area contributed by atoms with Crippen molar-refractivity contribution in [3.63, 3.8) is 0 Å². The van der Waals surface area contributed by atoms with Crippen LogP contribution in [-0.2, 0) is 23.8 Å². The van der Waals surface area contributed by atoms with Gasteiger partial charge in [0.1, 0.15) is 0 Å². The van der Waals surface area contributed by atoms with Crippen LogP contribution in [-0.4, -0.2) is 38.9 Å². The fourth-order valence-electron chi connectivity index (χ4n) is 1.70. The highest BCUT2D eigenvalue weighted by molar-refractivity contribution is 5.80. The number of ether oxygens (including phenoxy) is 3. The largest absolute Gasteiger partial charge is 0.469 e. The van der Waals surface area contributed by atoms with E-state index in [1.54, 1.807) is 0 Å². The van der Waals surface area contributed by atoms with Gasteiger partial charge in [-0.1, -0.05) is 0 Å². The molecule has 0 aliphatic carbocycles. The first kappa shape index (κ1) is 12.0. The molecule has 0 saturated carbocycles. The van der Waals surface area contributed by atoms with E-state index < -0.39 is 17.9 Å². The monoisotopic (exact) mass is 216 g/mol. The van der Waals surface area contributed by atoms with Crippen molar-refractivity contribution < 1.29 is 23.8 Å². The van der Waals surface area contributed by atoms with Crippen molar-refractivity contribution in [1.29, 1.82) is 0 Å². The van der Waals surface area contributed by atoms with Crippen molar-refractivity contribution in [1.82, 2.24) is 0 Å². The van der Waals surface area contributed by atoms with E-state index in [9.17, 15) is 9.59 Å². The van der Waals surface area contributed by atoms with Crippen LogP contribution in [0.3, 0.4) is 0 Å². The molecule has 0 aromatic carbocycles. The van der Waals surface area contributed by atoms with E-state index in [4.69, 9.17) is 4.74 Å². The number of carbonyl (C=O) groups is 2. The molecular formula is C10H16O5. The average Bonchev–Trinajstić information content (AvgIpc) is 2.77. The molecule has 0 aromatic heterocycles. The molecule has 1 aliphatic rings. The Morgan fingerprint density at radius 2 is 2.13 bits per heavy atom. The standard InChI is InChI=1S/C10H16O5/c1-13-9(11)6-7(10(12)14-2)8-4-3-5-15-8/h7-8H,3-6H2,1-2H3/t7-,8-/m1/s1. The van der Waals surface area contributed by atoms with E-state index in [0.717, 1.165) is 12.8 Å². The molecule has 86 valence electrons. The second-order valence-electron chi connectivity index (χ2n) is 3.46. The number of hydrogen-bond donors (Lipinski definition) is 0. The van der Waals surface area contributed by atoms with Crippen LogP contribution >= 0.6 is 0 Å². The van der Waals surface area contributed by atoms with Gasteiger partial charge in [-0.3, -0.25) is 9.59 Å². The van der Waals surface area contributed by atoms with Gasteiger partial charge in [0, 0.05) is 6.61 Å².